The fourth-order valence-electron chi connectivity index (χ4n) is 2.76. The van der Waals surface area contributed by atoms with E-state index in [1.165, 1.54) is 51.9 Å². The molecule has 82 valence electrons. The fourth-order valence-corrected chi connectivity index (χ4v) is 2.76. The Morgan fingerprint density at radius 2 is 1.79 bits per heavy atom. The van der Waals surface area contributed by atoms with Gasteiger partial charge >= 0.3 is 0 Å². The number of rotatable bonds is 1. The highest BCUT2D eigenvalue weighted by Crippen LogP contribution is 2.23. The predicted molar refractivity (Wildman–Crippen MR) is 59.1 cm³/mol. The first-order valence-corrected chi connectivity index (χ1v) is 5.94. The molecule has 2 fully saturated rings. The summed E-state index contributed by atoms with van der Waals surface area (Å²) in [6.45, 7) is 3.73. The van der Waals surface area contributed by atoms with Crippen LogP contribution in [0.4, 0.5) is 0 Å². The Balaban J connectivity index is 1.82. The maximum Gasteiger partial charge on any atom is 0.0506 e. The first-order valence-electron chi connectivity index (χ1n) is 5.94. The molecule has 0 unspecified atom stereocenters. The zero-order valence-corrected chi connectivity index (χ0v) is 9.28. The Bertz CT molecular complexity index is 175. The highest BCUT2D eigenvalue weighted by atomic mass is 15.3. The molecule has 14 heavy (non-hydrogen) atoms. The van der Waals surface area contributed by atoms with Crippen LogP contribution in [0.15, 0.2) is 0 Å². The van der Waals surface area contributed by atoms with Crippen molar-refractivity contribution >= 4 is 0 Å². The molecule has 3 heteroatoms. The minimum absolute atomic E-state index is 0.480. The van der Waals surface area contributed by atoms with Crippen molar-refractivity contribution in [3.05, 3.63) is 0 Å². The van der Waals surface area contributed by atoms with E-state index >= 15 is 0 Å². The van der Waals surface area contributed by atoms with Gasteiger partial charge in [-0.3, -0.25) is 9.80 Å². The van der Waals surface area contributed by atoms with E-state index in [0.717, 1.165) is 6.04 Å². The molecule has 0 aromatic carbocycles. The molecule has 2 aliphatic rings. The third-order valence-corrected chi connectivity index (χ3v) is 3.67. The molecule has 1 heterocycles. The molecule has 1 aliphatic heterocycles. The number of hydrogen-bond acceptors (Lipinski definition) is 3. The first-order chi connectivity index (χ1) is 6.75. The van der Waals surface area contributed by atoms with Gasteiger partial charge in [0.15, 0.2) is 0 Å². The van der Waals surface area contributed by atoms with Crippen LogP contribution < -0.4 is 5.73 Å². The third-order valence-electron chi connectivity index (χ3n) is 3.67. The highest BCUT2D eigenvalue weighted by molar-refractivity contribution is 4.82. The normalized spacial score (nSPS) is 37.3. The van der Waals surface area contributed by atoms with Crippen LogP contribution in [0, 0.1) is 0 Å². The van der Waals surface area contributed by atoms with E-state index in [0.29, 0.717) is 6.04 Å². The maximum absolute atomic E-state index is 5.92. The van der Waals surface area contributed by atoms with Gasteiger partial charge in [0.05, 0.1) is 6.67 Å². The molecule has 1 saturated heterocycles. The van der Waals surface area contributed by atoms with Crippen LogP contribution in [0.5, 0.6) is 0 Å². The Hall–Kier alpha value is -0.120. The average molecular weight is 197 g/mol. The molecular formula is C11H23N3. The summed E-state index contributed by atoms with van der Waals surface area (Å²) >= 11 is 0. The lowest BCUT2D eigenvalue weighted by atomic mass is 9.90. The van der Waals surface area contributed by atoms with Gasteiger partial charge in [0.25, 0.3) is 0 Å². The summed E-state index contributed by atoms with van der Waals surface area (Å²) in [4.78, 5) is 5.08. The Morgan fingerprint density at radius 1 is 1.07 bits per heavy atom. The van der Waals surface area contributed by atoms with Crippen molar-refractivity contribution in [2.24, 2.45) is 5.73 Å². The van der Waals surface area contributed by atoms with E-state index in [1.54, 1.807) is 0 Å². The van der Waals surface area contributed by atoms with Crippen molar-refractivity contribution in [2.45, 2.75) is 44.2 Å². The Labute approximate surface area is 87.2 Å². The van der Waals surface area contributed by atoms with Crippen LogP contribution >= 0.6 is 0 Å². The smallest absolute Gasteiger partial charge is 0.0506 e. The average Bonchev–Trinajstić information content (AvgIpc) is 2.19. The second-order valence-electron chi connectivity index (χ2n) is 4.96. The molecule has 0 amide bonds. The summed E-state index contributed by atoms with van der Waals surface area (Å²) in [7, 11) is 2.22. The minimum Gasteiger partial charge on any atom is -0.328 e. The van der Waals surface area contributed by atoms with Gasteiger partial charge in [-0.15, -0.1) is 0 Å². The summed E-state index contributed by atoms with van der Waals surface area (Å²) < 4.78 is 0. The van der Waals surface area contributed by atoms with Crippen LogP contribution in [0.2, 0.25) is 0 Å². The molecule has 0 atom stereocenters. The molecule has 0 bridgehead atoms. The predicted octanol–water partition coefficient (Wildman–Crippen LogP) is 0.851. The molecule has 2 N–H and O–H groups in total. The van der Waals surface area contributed by atoms with Crippen LogP contribution in [-0.2, 0) is 0 Å². The lowest BCUT2D eigenvalue weighted by Crippen LogP contribution is -2.49. The van der Waals surface area contributed by atoms with E-state index in [2.05, 4.69) is 16.8 Å². The second kappa shape index (κ2) is 4.60. The van der Waals surface area contributed by atoms with Gasteiger partial charge in [-0.2, -0.15) is 0 Å². The lowest BCUT2D eigenvalue weighted by Gasteiger charge is -2.41. The SMILES string of the molecule is CN1CCCN(C2CCC(N)CC2)C1. The van der Waals surface area contributed by atoms with Gasteiger partial charge in [0.2, 0.25) is 0 Å². The van der Waals surface area contributed by atoms with Crippen LogP contribution in [-0.4, -0.2) is 48.7 Å². The minimum atomic E-state index is 0.480. The molecule has 3 nitrogen and oxygen atoms in total. The quantitative estimate of drug-likeness (QED) is 0.676. The number of nitrogens with two attached hydrogens (primary N) is 1. The molecular weight excluding hydrogens is 174 g/mol. The lowest BCUT2D eigenvalue weighted by molar-refractivity contribution is 0.0504. The summed E-state index contributed by atoms with van der Waals surface area (Å²) in [6, 6.07) is 1.30. The van der Waals surface area contributed by atoms with Gasteiger partial charge in [-0.25, -0.2) is 0 Å². The van der Waals surface area contributed by atoms with E-state index in [-0.39, 0.29) is 0 Å². The molecule has 2 rings (SSSR count). The van der Waals surface area contributed by atoms with Gasteiger partial charge in [-0.1, -0.05) is 0 Å². The topological polar surface area (TPSA) is 32.5 Å². The molecule has 0 spiro atoms. The summed E-state index contributed by atoms with van der Waals surface area (Å²) in [5, 5.41) is 0. The molecule has 0 radical (unpaired) electrons. The van der Waals surface area contributed by atoms with E-state index < -0.39 is 0 Å². The van der Waals surface area contributed by atoms with Crippen molar-refractivity contribution in [3.8, 4) is 0 Å². The molecule has 0 aromatic rings. The maximum atomic E-state index is 5.92. The first kappa shape index (κ1) is 10.4. The number of hydrogen-bond donors (Lipinski definition) is 1. The number of nitrogens with zero attached hydrogens (tertiary/aromatic N) is 2. The van der Waals surface area contributed by atoms with Crippen molar-refractivity contribution in [3.63, 3.8) is 0 Å². The Morgan fingerprint density at radius 3 is 2.43 bits per heavy atom. The van der Waals surface area contributed by atoms with Gasteiger partial charge < -0.3 is 5.73 Å². The zero-order valence-electron chi connectivity index (χ0n) is 9.28. The van der Waals surface area contributed by atoms with Crippen molar-refractivity contribution < 1.29 is 0 Å². The summed E-state index contributed by atoms with van der Waals surface area (Å²) in [6.07, 6.45) is 6.42. The zero-order chi connectivity index (χ0) is 9.97. The van der Waals surface area contributed by atoms with Crippen molar-refractivity contribution in [2.75, 3.05) is 26.8 Å². The van der Waals surface area contributed by atoms with E-state index in [1.807, 2.05) is 0 Å². The van der Waals surface area contributed by atoms with Crippen molar-refractivity contribution in [1.29, 1.82) is 0 Å². The van der Waals surface area contributed by atoms with Gasteiger partial charge in [-0.05, 0) is 39.2 Å². The molecule has 1 saturated carbocycles. The van der Waals surface area contributed by atoms with Crippen LogP contribution in [0.3, 0.4) is 0 Å². The van der Waals surface area contributed by atoms with Gasteiger partial charge in [0, 0.05) is 25.2 Å². The Kier molecular flexibility index (Phi) is 3.42. The third kappa shape index (κ3) is 2.47. The fraction of sp³-hybridized carbons (Fsp3) is 1.00. The van der Waals surface area contributed by atoms with E-state index in [9.17, 15) is 0 Å². The monoisotopic (exact) mass is 197 g/mol. The standard InChI is InChI=1S/C11H23N3/c1-13-7-2-8-14(9-13)11-5-3-10(12)4-6-11/h10-11H,2-9,12H2,1H3. The van der Waals surface area contributed by atoms with Crippen molar-refractivity contribution in [1.82, 2.24) is 9.80 Å². The molecule has 0 aromatic heterocycles. The summed E-state index contributed by atoms with van der Waals surface area (Å²) in [5.41, 5.74) is 5.92. The van der Waals surface area contributed by atoms with E-state index in [4.69, 9.17) is 5.73 Å². The summed E-state index contributed by atoms with van der Waals surface area (Å²) in [5.74, 6) is 0. The molecule has 1 aliphatic carbocycles. The van der Waals surface area contributed by atoms with Crippen LogP contribution in [0.1, 0.15) is 32.1 Å². The largest absolute Gasteiger partial charge is 0.328 e. The van der Waals surface area contributed by atoms with Crippen LogP contribution in [0.25, 0.3) is 0 Å². The van der Waals surface area contributed by atoms with Gasteiger partial charge in [0.1, 0.15) is 0 Å². The second-order valence-corrected chi connectivity index (χ2v) is 4.96. The highest BCUT2D eigenvalue weighted by Gasteiger charge is 2.26.